The Hall–Kier alpha value is -1.00. The topological polar surface area (TPSA) is 47.0 Å². The third-order valence-corrected chi connectivity index (χ3v) is 4.20. The second kappa shape index (κ2) is 5.17. The molecule has 2 aliphatic rings. The smallest absolute Gasteiger partial charge is 0.160 e. The van der Waals surface area contributed by atoms with Gasteiger partial charge in [-0.15, -0.1) is 0 Å². The molecule has 1 aromatic heterocycles. The molecule has 1 unspecified atom stereocenters. The summed E-state index contributed by atoms with van der Waals surface area (Å²) >= 11 is 0. The molecule has 1 fully saturated rings. The lowest BCUT2D eigenvalue weighted by molar-refractivity contribution is 0.00888. The van der Waals surface area contributed by atoms with E-state index in [1.165, 1.54) is 17.0 Å². The van der Waals surface area contributed by atoms with E-state index in [1.807, 2.05) is 0 Å². The molecule has 1 N–H and O–H groups in total. The van der Waals surface area contributed by atoms with Crippen molar-refractivity contribution in [2.45, 2.75) is 58.1 Å². The van der Waals surface area contributed by atoms with Gasteiger partial charge in [0.1, 0.15) is 5.60 Å². The summed E-state index contributed by atoms with van der Waals surface area (Å²) in [7, 11) is 0. The molecule has 3 rings (SSSR count). The number of hydrogen-bond donors (Lipinski definition) is 1. The summed E-state index contributed by atoms with van der Waals surface area (Å²) < 4.78 is 5.91. The lowest BCUT2D eigenvalue weighted by Crippen LogP contribution is -2.31. The van der Waals surface area contributed by atoms with Crippen LogP contribution < -0.4 is 5.32 Å². The monoisotopic (exact) mass is 261 g/mol. The first kappa shape index (κ1) is 13.0. The molecule has 0 amide bonds. The first-order valence-corrected chi connectivity index (χ1v) is 7.47. The largest absolute Gasteiger partial charge is 0.367 e. The van der Waals surface area contributed by atoms with Crippen LogP contribution in [0.2, 0.25) is 0 Å². The molecule has 0 saturated carbocycles. The molecule has 1 aromatic rings. The fourth-order valence-corrected chi connectivity index (χ4v) is 3.05. The summed E-state index contributed by atoms with van der Waals surface area (Å²) in [5, 5.41) is 3.43. The number of aromatic nitrogens is 2. The van der Waals surface area contributed by atoms with Crippen molar-refractivity contribution in [3.05, 3.63) is 22.8 Å². The highest BCUT2D eigenvalue weighted by Gasteiger charge is 2.36. The predicted molar refractivity (Wildman–Crippen MR) is 74.0 cm³/mol. The average Bonchev–Trinajstić information content (AvgIpc) is 2.87. The Morgan fingerprint density at radius 2 is 2.26 bits per heavy atom. The Balaban J connectivity index is 2.03. The zero-order valence-corrected chi connectivity index (χ0v) is 12.0. The van der Waals surface area contributed by atoms with E-state index in [4.69, 9.17) is 14.7 Å². The molecule has 0 spiro atoms. The Morgan fingerprint density at radius 3 is 3.00 bits per heavy atom. The maximum Gasteiger partial charge on any atom is 0.160 e. The Bertz CT molecular complexity index is 467. The number of ether oxygens (including phenoxy) is 1. The molecule has 19 heavy (non-hydrogen) atoms. The number of rotatable bonds is 3. The van der Waals surface area contributed by atoms with Crippen LogP contribution in [-0.2, 0) is 29.7 Å². The van der Waals surface area contributed by atoms with Gasteiger partial charge in [0.15, 0.2) is 5.82 Å². The van der Waals surface area contributed by atoms with Crippen LogP contribution in [0.1, 0.15) is 55.9 Å². The van der Waals surface area contributed by atoms with Gasteiger partial charge >= 0.3 is 0 Å². The SMILES string of the molecule is CCCc1nc(C2(C)CCCO2)nc2c1CNCC2. The molecule has 0 radical (unpaired) electrons. The van der Waals surface area contributed by atoms with Crippen LogP contribution in [0.4, 0.5) is 0 Å². The molecule has 104 valence electrons. The molecule has 2 aliphatic heterocycles. The van der Waals surface area contributed by atoms with Crippen molar-refractivity contribution in [1.29, 1.82) is 0 Å². The van der Waals surface area contributed by atoms with Crippen molar-refractivity contribution in [1.82, 2.24) is 15.3 Å². The number of fused-ring (bicyclic) bond motifs is 1. The lowest BCUT2D eigenvalue weighted by atomic mass is 9.98. The fourth-order valence-electron chi connectivity index (χ4n) is 3.05. The van der Waals surface area contributed by atoms with Crippen molar-refractivity contribution >= 4 is 0 Å². The molecule has 3 heterocycles. The van der Waals surface area contributed by atoms with Gasteiger partial charge in [-0.05, 0) is 26.2 Å². The van der Waals surface area contributed by atoms with E-state index < -0.39 is 0 Å². The molecule has 1 atom stereocenters. The highest BCUT2D eigenvalue weighted by Crippen LogP contribution is 2.34. The Kier molecular flexibility index (Phi) is 3.54. The minimum atomic E-state index is -0.262. The van der Waals surface area contributed by atoms with E-state index in [0.29, 0.717) is 0 Å². The van der Waals surface area contributed by atoms with Crippen molar-refractivity contribution in [3.63, 3.8) is 0 Å². The van der Waals surface area contributed by atoms with Gasteiger partial charge in [-0.2, -0.15) is 0 Å². The maximum atomic E-state index is 5.91. The van der Waals surface area contributed by atoms with Gasteiger partial charge in [-0.3, -0.25) is 0 Å². The third kappa shape index (κ3) is 2.39. The molecule has 0 aromatic carbocycles. The molecule has 1 saturated heterocycles. The van der Waals surface area contributed by atoms with E-state index in [9.17, 15) is 0 Å². The van der Waals surface area contributed by atoms with Crippen molar-refractivity contribution in [2.75, 3.05) is 13.2 Å². The average molecular weight is 261 g/mol. The van der Waals surface area contributed by atoms with E-state index >= 15 is 0 Å². The van der Waals surface area contributed by atoms with Gasteiger partial charge < -0.3 is 10.1 Å². The highest BCUT2D eigenvalue weighted by molar-refractivity contribution is 5.29. The van der Waals surface area contributed by atoms with E-state index in [0.717, 1.165) is 57.6 Å². The van der Waals surface area contributed by atoms with E-state index in [-0.39, 0.29) is 5.60 Å². The minimum Gasteiger partial charge on any atom is -0.367 e. The zero-order valence-electron chi connectivity index (χ0n) is 12.0. The van der Waals surface area contributed by atoms with Gasteiger partial charge in [0.05, 0.1) is 5.69 Å². The van der Waals surface area contributed by atoms with Crippen LogP contribution >= 0.6 is 0 Å². The molecule has 4 nitrogen and oxygen atoms in total. The van der Waals surface area contributed by atoms with Crippen LogP contribution in [0.25, 0.3) is 0 Å². The van der Waals surface area contributed by atoms with Gasteiger partial charge in [0.25, 0.3) is 0 Å². The zero-order chi connectivity index (χ0) is 13.3. The van der Waals surface area contributed by atoms with Gasteiger partial charge in [-0.25, -0.2) is 9.97 Å². The van der Waals surface area contributed by atoms with Gasteiger partial charge in [0, 0.05) is 37.4 Å². The predicted octanol–water partition coefficient (Wildman–Crippen LogP) is 2.10. The fraction of sp³-hybridized carbons (Fsp3) is 0.733. The molecular formula is C15H23N3O. The number of nitrogens with one attached hydrogen (secondary N) is 1. The number of hydrogen-bond acceptors (Lipinski definition) is 4. The first-order valence-electron chi connectivity index (χ1n) is 7.47. The third-order valence-electron chi connectivity index (χ3n) is 4.20. The Morgan fingerprint density at radius 1 is 1.37 bits per heavy atom. The minimum absolute atomic E-state index is 0.262. The molecule has 0 bridgehead atoms. The van der Waals surface area contributed by atoms with Crippen LogP contribution in [0.5, 0.6) is 0 Å². The Labute approximate surface area is 115 Å². The van der Waals surface area contributed by atoms with Crippen LogP contribution in [0.15, 0.2) is 0 Å². The summed E-state index contributed by atoms with van der Waals surface area (Å²) in [5.74, 6) is 0.911. The maximum absolute atomic E-state index is 5.91. The van der Waals surface area contributed by atoms with Crippen molar-refractivity contribution < 1.29 is 4.74 Å². The highest BCUT2D eigenvalue weighted by atomic mass is 16.5. The van der Waals surface area contributed by atoms with E-state index in [2.05, 4.69) is 19.2 Å². The summed E-state index contributed by atoms with van der Waals surface area (Å²) in [6.45, 7) is 7.12. The number of aryl methyl sites for hydroxylation is 1. The summed E-state index contributed by atoms with van der Waals surface area (Å²) in [6, 6.07) is 0. The van der Waals surface area contributed by atoms with Crippen LogP contribution in [-0.4, -0.2) is 23.1 Å². The van der Waals surface area contributed by atoms with E-state index in [1.54, 1.807) is 0 Å². The second-order valence-electron chi connectivity index (χ2n) is 5.78. The lowest BCUT2D eigenvalue weighted by Gasteiger charge is -2.26. The molecule has 4 heteroatoms. The van der Waals surface area contributed by atoms with Gasteiger partial charge in [0.2, 0.25) is 0 Å². The van der Waals surface area contributed by atoms with Crippen molar-refractivity contribution in [3.8, 4) is 0 Å². The first-order chi connectivity index (χ1) is 9.23. The van der Waals surface area contributed by atoms with Gasteiger partial charge in [-0.1, -0.05) is 13.3 Å². The summed E-state index contributed by atoms with van der Waals surface area (Å²) in [5.41, 5.74) is 3.54. The summed E-state index contributed by atoms with van der Waals surface area (Å²) in [6.07, 6.45) is 5.32. The van der Waals surface area contributed by atoms with Crippen molar-refractivity contribution in [2.24, 2.45) is 0 Å². The summed E-state index contributed by atoms with van der Waals surface area (Å²) in [4.78, 5) is 9.69. The quantitative estimate of drug-likeness (QED) is 0.905. The number of nitrogens with zero attached hydrogens (tertiary/aromatic N) is 2. The van der Waals surface area contributed by atoms with Crippen LogP contribution in [0, 0.1) is 0 Å². The normalized spacial score (nSPS) is 26.4. The second-order valence-corrected chi connectivity index (χ2v) is 5.78. The molecular weight excluding hydrogens is 238 g/mol. The molecule has 0 aliphatic carbocycles. The van der Waals surface area contributed by atoms with Crippen LogP contribution in [0.3, 0.4) is 0 Å². The standard InChI is InChI=1S/C15H23N3O/c1-3-5-12-11-10-16-8-6-13(11)18-14(17-12)15(2)7-4-9-19-15/h16H,3-10H2,1-2H3.